The van der Waals surface area contributed by atoms with Crippen molar-refractivity contribution in [1.29, 1.82) is 0 Å². The maximum Gasteiger partial charge on any atom is 0.0277 e. The van der Waals surface area contributed by atoms with E-state index in [-0.39, 0.29) is 5.41 Å². The van der Waals surface area contributed by atoms with Crippen LogP contribution in [0.5, 0.6) is 0 Å². The molecule has 0 saturated carbocycles. The summed E-state index contributed by atoms with van der Waals surface area (Å²) >= 11 is 0. The molecule has 3 atom stereocenters. The van der Waals surface area contributed by atoms with Crippen molar-refractivity contribution in [2.75, 3.05) is 0 Å². The molecule has 1 heteroatoms. The molecule has 0 nitrogen and oxygen atoms in total. The first-order valence-corrected chi connectivity index (χ1v) is 7.41. The van der Waals surface area contributed by atoms with Crippen molar-refractivity contribution >= 4 is 9.24 Å². The highest BCUT2D eigenvalue weighted by atomic mass is 31.0. The molecule has 0 radical (unpaired) electrons. The van der Waals surface area contributed by atoms with Gasteiger partial charge in [0.05, 0.1) is 0 Å². The Morgan fingerprint density at radius 1 is 0.889 bits per heavy atom. The van der Waals surface area contributed by atoms with Gasteiger partial charge in [0.25, 0.3) is 0 Å². The van der Waals surface area contributed by atoms with Gasteiger partial charge in [-0.3, -0.25) is 0 Å². The largest absolute Gasteiger partial charge is 0.133 e. The fraction of sp³-hybridized carbons (Fsp3) is 0.294. The normalized spacial score (nSPS) is 28.4. The molecule has 3 unspecified atom stereocenters. The van der Waals surface area contributed by atoms with Gasteiger partial charge in [-0.1, -0.05) is 48.5 Å². The van der Waals surface area contributed by atoms with Crippen molar-refractivity contribution in [2.45, 2.75) is 30.3 Å². The Labute approximate surface area is 111 Å². The summed E-state index contributed by atoms with van der Waals surface area (Å²) < 4.78 is 0. The fourth-order valence-corrected chi connectivity index (χ4v) is 4.83. The van der Waals surface area contributed by atoms with Crippen molar-refractivity contribution in [2.24, 2.45) is 0 Å². The van der Waals surface area contributed by atoms with Crippen LogP contribution < -0.4 is 0 Å². The number of rotatable bonds is 0. The monoisotopic (exact) mass is 252 g/mol. The summed E-state index contributed by atoms with van der Waals surface area (Å²) in [5, 5.41) is 0. The van der Waals surface area contributed by atoms with Gasteiger partial charge in [-0.15, -0.1) is 9.24 Å². The number of aryl methyl sites for hydroxylation is 1. The molecule has 2 aliphatic rings. The summed E-state index contributed by atoms with van der Waals surface area (Å²) in [5.41, 5.74) is 7.19. The standard InChI is InChI=1S/C17H17P/c18-16-11-13-6-2-4-8-15(13)17(16)10-9-12-5-1-3-7-14(12)17/h1-8,16H,9-11,18H2. The van der Waals surface area contributed by atoms with Gasteiger partial charge >= 0.3 is 0 Å². The highest BCUT2D eigenvalue weighted by Crippen LogP contribution is 2.54. The van der Waals surface area contributed by atoms with Crippen molar-refractivity contribution < 1.29 is 0 Å². The van der Waals surface area contributed by atoms with Gasteiger partial charge in [-0.05, 0) is 47.2 Å². The number of benzene rings is 2. The third-order valence-electron chi connectivity index (χ3n) is 4.86. The molecule has 2 aromatic rings. The van der Waals surface area contributed by atoms with Crippen LogP contribution in [0.4, 0.5) is 0 Å². The van der Waals surface area contributed by atoms with Gasteiger partial charge in [-0.25, -0.2) is 0 Å². The molecule has 0 aliphatic heterocycles. The van der Waals surface area contributed by atoms with E-state index in [0.717, 1.165) is 0 Å². The summed E-state index contributed by atoms with van der Waals surface area (Å²) in [4.78, 5) is 0. The lowest BCUT2D eigenvalue weighted by Crippen LogP contribution is -2.30. The fourth-order valence-electron chi connectivity index (χ4n) is 4.05. The molecular weight excluding hydrogens is 235 g/mol. The van der Waals surface area contributed by atoms with E-state index in [1.165, 1.54) is 19.3 Å². The van der Waals surface area contributed by atoms with Crippen LogP contribution in [-0.2, 0) is 18.3 Å². The lowest BCUT2D eigenvalue weighted by atomic mass is 9.76. The van der Waals surface area contributed by atoms with Gasteiger partial charge in [0.15, 0.2) is 0 Å². The topological polar surface area (TPSA) is 0 Å². The summed E-state index contributed by atoms with van der Waals surface area (Å²) in [6.45, 7) is 0. The van der Waals surface area contributed by atoms with Crippen LogP contribution in [0.3, 0.4) is 0 Å². The quantitative estimate of drug-likeness (QED) is 0.627. The van der Waals surface area contributed by atoms with Gasteiger partial charge in [0.2, 0.25) is 0 Å². The van der Waals surface area contributed by atoms with Crippen LogP contribution in [0.15, 0.2) is 48.5 Å². The van der Waals surface area contributed by atoms with E-state index >= 15 is 0 Å². The van der Waals surface area contributed by atoms with Crippen LogP contribution >= 0.6 is 9.24 Å². The second kappa shape index (κ2) is 3.68. The number of hydrogen-bond donors (Lipinski definition) is 0. The zero-order valence-corrected chi connectivity index (χ0v) is 11.5. The Bertz CT molecular complexity index is 604. The molecule has 0 heterocycles. The van der Waals surface area contributed by atoms with E-state index in [2.05, 4.69) is 57.8 Å². The SMILES string of the molecule is PC1Cc2ccccc2C12CCc1ccccc12. The van der Waals surface area contributed by atoms with Crippen LogP contribution in [0, 0.1) is 0 Å². The third kappa shape index (κ3) is 1.20. The van der Waals surface area contributed by atoms with Crippen molar-refractivity contribution in [1.82, 2.24) is 0 Å². The van der Waals surface area contributed by atoms with Gasteiger partial charge in [-0.2, -0.15) is 0 Å². The van der Waals surface area contributed by atoms with Crippen molar-refractivity contribution in [3.8, 4) is 0 Å². The molecule has 2 aromatic carbocycles. The third-order valence-corrected chi connectivity index (χ3v) is 5.66. The zero-order chi connectivity index (χ0) is 12.2. The van der Waals surface area contributed by atoms with E-state index in [9.17, 15) is 0 Å². The molecular formula is C17H17P. The molecule has 18 heavy (non-hydrogen) atoms. The van der Waals surface area contributed by atoms with Crippen LogP contribution in [0.1, 0.15) is 28.7 Å². The van der Waals surface area contributed by atoms with E-state index in [1.54, 1.807) is 22.3 Å². The minimum absolute atomic E-state index is 0.276. The Morgan fingerprint density at radius 2 is 1.50 bits per heavy atom. The van der Waals surface area contributed by atoms with Gasteiger partial charge in [0.1, 0.15) is 0 Å². The Kier molecular flexibility index (Phi) is 2.20. The van der Waals surface area contributed by atoms with Crippen molar-refractivity contribution in [3.63, 3.8) is 0 Å². The van der Waals surface area contributed by atoms with E-state index < -0.39 is 0 Å². The highest BCUT2D eigenvalue weighted by molar-refractivity contribution is 7.17. The van der Waals surface area contributed by atoms with E-state index in [4.69, 9.17) is 0 Å². The first-order valence-electron chi connectivity index (χ1n) is 6.75. The molecule has 0 saturated heterocycles. The maximum atomic E-state index is 3.12. The molecule has 0 N–H and O–H groups in total. The zero-order valence-electron chi connectivity index (χ0n) is 10.4. The first-order chi connectivity index (χ1) is 8.82. The summed E-state index contributed by atoms with van der Waals surface area (Å²) in [7, 11) is 3.12. The second-order valence-electron chi connectivity index (χ2n) is 5.60. The molecule has 0 fully saturated rings. The minimum Gasteiger partial charge on any atom is -0.133 e. The lowest BCUT2D eigenvalue weighted by Gasteiger charge is -2.31. The smallest absolute Gasteiger partial charge is 0.0277 e. The summed E-state index contributed by atoms with van der Waals surface area (Å²) in [5.74, 6) is 0. The highest BCUT2D eigenvalue weighted by Gasteiger charge is 2.49. The average Bonchev–Trinajstić information content (AvgIpc) is 2.92. The van der Waals surface area contributed by atoms with Crippen molar-refractivity contribution in [3.05, 3.63) is 70.8 Å². The molecule has 90 valence electrons. The lowest BCUT2D eigenvalue weighted by molar-refractivity contribution is 0.520. The molecule has 0 bridgehead atoms. The summed E-state index contributed by atoms with van der Waals surface area (Å²) in [6.07, 6.45) is 3.71. The average molecular weight is 252 g/mol. The maximum absolute atomic E-state index is 3.12. The number of fused-ring (bicyclic) bond motifs is 4. The molecule has 4 rings (SSSR count). The first kappa shape index (κ1) is 10.8. The number of hydrogen-bond acceptors (Lipinski definition) is 0. The Morgan fingerprint density at radius 3 is 2.28 bits per heavy atom. The van der Waals surface area contributed by atoms with Crippen LogP contribution in [-0.4, -0.2) is 5.66 Å². The predicted octanol–water partition coefficient (Wildman–Crippen LogP) is 3.72. The van der Waals surface area contributed by atoms with E-state index in [0.29, 0.717) is 5.66 Å². The van der Waals surface area contributed by atoms with Gasteiger partial charge in [0, 0.05) is 5.41 Å². The summed E-state index contributed by atoms with van der Waals surface area (Å²) in [6, 6.07) is 18.1. The Hall–Kier alpha value is -1.13. The second-order valence-corrected chi connectivity index (χ2v) is 6.40. The predicted molar refractivity (Wildman–Crippen MR) is 79.2 cm³/mol. The van der Waals surface area contributed by atoms with Crippen LogP contribution in [0.25, 0.3) is 0 Å². The molecule has 0 amide bonds. The minimum atomic E-state index is 0.276. The molecule has 1 spiro atoms. The van der Waals surface area contributed by atoms with Gasteiger partial charge < -0.3 is 0 Å². The Balaban J connectivity index is 2.01. The van der Waals surface area contributed by atoms with E-state index in [1.807, 2.05) is 0 Å². The molecule has 0 aromatic heterocycles. The van der Waals surface area contributed by atoms with Crippen LogP contribution in [0.2, 0.25) is 0 Å². The molecule has 2 aliphatic carbocycles.